The van der Waals surface area contributed by atoms with Gasteiger partial charge in [-0.05, 0) is 37.3 Å². The maximum Gasteiger partial charge on any atom is 0.307 e. The predicted molar refractivity (Wildman–Crippen MR) is 117 cm³/mol. The van der Waals surface area contributed by atoms with Gasteiger partial charge in [0.2, 0.25) is 5.91 Å². The van der Waals surface area contributed by atoms with Crippen molar-refractivity contribution in [3.8, 4) is 0 Å². The van der Waals surface area contributed by atoms with E-state index in [1.54, 1.807) is 43.3 Å². The number of para-hydroxylation sites is 1. The molecular weight excluding hydrogens is 424 g/mol. The van der Waals surface area contributed by atoms with E-state index in [0.29, 0.717) is 17.8 Å². The molecule has 1 atom stereocenters. The zero-order valence-corrected chi connectivity index (χ0v) is 18.5. The van der Waals surface area contributed by atoms with E-state index in [4.69, 9.17) is 4.74 Å². The van der Waals surface area contributed by atoms with Gasteiger partial charge in [0, 0.05) is 23.1 Å². The minimum atomic E-state index is -3.98. The summed E-state index contributed by atoms with van der Waals surface area (Å²) in [5, 5.41) is 2.89. The largest absolute Gasteiger partial charge is 0.466 e. The van der Waals surface area contributed by atoms with Crippen molar-refractivity contribution in [2.75, 3.05) is 22.8 Å². The third-order valence-electron chi connectivity index (χ3n) is 4.48. The summed E-state index contributed by atoms with van der Waals surface area (Å²) in [4.78, 5) is 24.8. The van der Waals surface area contributed by atoms with Crippen molar-refractivity contribution in [1.82, 2.24) is 0 Å². The molecule has 9 heteroatoms. The molecule has 2 aromatic carbocycles. The fourth-order valence-electron chi connectivity index (χ4n) is 3.13. The maximum atomic E-state index is 13.5. The summed E-state index contributed by atoms with van der Waals surface area (Å²) in [5.41, 5.74) is 0.928. The van der Waals surface area contributed by atoms with E-state index in [0.717, 1.165) is 4.90 Å². The van der Waals surface area contributed by atoms with Gasteiger partial charge in [-0.3, -0.25) is 13.9 Å². The topological polar surface area (TPSA) is 92.8 Å². The van der Waals surface area contributed by atoms with Gasteiger partial charge in [0.25, 0.3) is 10.0 Å². The molecule has 1 aliphatic heterocycles. The van der Waals surface area contributed by atoms with Crippen molar-refractivity contribution in [3.63, 3.8) is 0 Å². The average molecular weight is 449 g/mol. The van der Waals surface area contributed by atoms with Gasteiger partial charge in [-0.2, -0.15) is 0 Å². The van der Waals surface area contributed by atoms with Gasteiger partial charge in [-0.25, -0.2) is 8.42 Å². The summed E-state index contributed by atoms with van der Waals surface area (Å²) in [5.74, 6) is -0.612. The maximum absolute atomic E-state index is 13.5. The quantitative estimate of drug-likeness (QED) is 0.650. The Hall–Kier alpha value is -2.52. The van der Waals surface area contributed by atoms with E-state index in [-0.39, 0.29) is 35.6 Å². The summed E-state index contributed by atoms with van der Waals surface area (Å²) >= 11 is 1.53. The lowest BCUT2D eigenvalue weighted by Gasteiger charge is -2.24. The average Bonchev–Trinajstić information content (AvgIpc) is 2.84. The van der Waals surface area contributed by atoms with E-state index in [1.165, 1.54) is 28.2 Å². The summed E-state index contributed by atoms with van der Waals surface area (Å²) in [6.07, 6.45) is 0.286. The summed E-state index contributed by atoms with van der Waals surface area (Å²) in [6, 6.07) is 13.3. The molecule has 0 saturated carbocycles. The molecule has 0 spiro atoms. The Balaban J connectivity index is 1.96. The van der Waals surface area contributed by atoms with E-state index in [2.05, 4.69) is 5.32 Å². The number of nitrogens with zero attached hydrogens (tertiary/aromatic N) is 1. The van der Waals surface area contributed by atoms with Crippen LogP contribution in [0.25, 0.3) is 0 Å². The molecule has 0 saturated heterocycles. The normalized spacial score (nSPS) is 16.2. The number of anilines is 2. The first kappa shape index (κ1) is 22.2. The SMILES string of the molecule is CCOC(=O)CCN(c1ccccc1)S(=O)(=O)c1ccc2c(c1)NC(=O)C[C@H](C)S2. The fourth-order valence-corrected chi connectivity index (χ4v) is 5.67. The van der Waals surface area contributed by atoms with E-state index >= 15 is 0 Å². The Morgan fingerprint density at radius 3 is 2.67 bits per heavy atom. The first-order valence-electron chi connectivity index (χ1n) is 9.65. The summed E-state index contributed by atoms with van der Waals surface area (Å²) in [7, 11) is -3.98. The van der Waals surface area contributed by atoms with Gasteiger partial charge in [0.05, 0.1) is 29.3 Å². The zero-order valence-electron chi connectivity index (χ0n) is 16.8. The van der Waals surface area contributed by atoms with Crippen molar-refractivity contribution in [2.45, 2.75) is 41.7 Å². The van der Waals surface area contributed by atoms with Crippen LogP contribution in [-0.4, -0.2) is 38.7 Å². The second-order valence-electron chi connectivity index (χ2n) is 6.81. The highest BCUT2D eigenvalue weighted by Gasteiger charge is 2.28. The van der Waals surface area contributed by atoms with Crippen molar-refractivity contribution < 1.29 is 22.7 Å². The molecule has 1 aliphatic rings. The molecular formula is C21H24N2O5S2. The van der Waals surface area contributed by atoms with Crippen LogP contribution >= 0.6 is 11.8 Å². The Labute approximate surface area is 180 Å². The van der Waals surface area contributed by atoms with E-state index in [9.17, 15) is 18.0 Å². The monoisotopic (exact) mass is 448 g/mol. The summed E-state index contributed by atoms with van der Waals surface area (Å²) < 4.78 is 33.1. The van der Waals surface area contributed by atoms with Crippen LogP contribution in [0.5, 0.6) is 0 Å². The lowest BCUT2D eigenvalue weighted by atomic mass is 10.3. The number of amides is 1. The number of benzene rings is 2. The van der Waals surface area contributed by atoms with Crippen LogP contribution in [0.3, 0.4) is 0 Å². The van der Waals surface area contributed by atoms with E-state index in [1.807, 2.05) is 6.92 Å². The van der Waals surface area contributed by atoms with Crippen molar-refractivity contribution >= 4 is 45.0 Å². The van der Waals surface area contributed by atoms with Gasteiger partial charge in [0.15, 0.2) is 0 Å². The highest BCUT2D eigenvalue weighted by molar-refractivity contribution is 8.00. The number of nitrogens with one attached hydrogen (secondary N) is 1. The first-order chi connectivity index (χ1) is 14.3. The molecule has 30 heavy (non-hydrogen) atoms. The molecule has 1 amide bonds. The molecule has 0 aliphatic carbocycles. The Morgan fingerprint density at radius 2 is 1.97 bits per heavy atom. The molecule has 0 aromatic heterocycles. The molecule has 7 nitrogen and oxygen atoms in total. The van der Waals surface area contributed by atoms with Crippen LogP contribution in [0.4, 0.5) is 11.4 Å². The third-order valence-corrected chi connectivity index (χ3v) is 7.48. The number of hydrogen-bond donors (Lipinski definition) is 1. The minimum Gasteiger partial charge on any atom is -0.466 e. The van der Waals surface area contributed by atoms with Gasteiger partial charge >= 0.3 is 5.97 Å². The Bertz CT molecular complexity index is 1020. The zero-order chi connectivity index (χ0) is 21.7. The molecule has 0 fully saturated rings. The number of rotatable bonds is 7. The van der Waals surface area contributed by atoms with Gasteiger partial charge in [0.1, 0.15) is 0 Å². The Kier molecular flexibility index (Phi) is 7.04. The lowest BCUT2D eigenvalue weighted by Crippen LogP contribution is -2.33. The van der Waals surface area contributed by atoms with Crippen LogP contribution < -0.4 is 9.62 Å². The second-order valence-corrected chi connectivity index (χ2v) is 10.1. The third kappa shape index (κ3) is 5.14. The van der Waals surface area contributed by atoms with Gasteiger partial charge in [-0.1, -0.05) is 25.1 Å². The lowest BCUT2D eigenvalue weighted by molar-refractivity contribution is -0.142. The fraction of sp³-hybridized carbons (Fsp3) is 0.333. The molecule has 0 radical (unpaired) electrons. The smallest absolute Gasteiger partial charge is 0.307 e. The van der Waals surface area contributed by atoms with Crippen LogP contribution in [0, 0.1) is 0 Å². The predicted octanol–water partition coefficient (Wildman–Crippen LogP) is 3.66. The number of carbonyl (C=O) groups is 2. The number of carbonyl (C=O) groups excluding carboxylic acids is 2. The Morgan fingerprint density at radius 1 is 1.23 bits per heavy atom. The number of ether oxygens (including phenoxy) is 1. The first-order valence-corrected chi connectivity index (χ1v) is 12.0. The number of esters is 1. The number of hydrogen-bond acceptors (Lipinski definition) is 6. The second kappa shape index (κ2) is 9.53. The van der Waals surface area contributed by atoms with Crippen molar-refractivity contribution in [2.24, 2.45) is 0 Å². The molecule has 2 aromatic rings. The highest BCUT2D eigenvalue weighted by Crippen LogP contribution is 2.37. The number of fused-ring (bicyclic) bond motifs is 1. The number of sulfonamides is 1. The van der Waals surface area contributed by atoms with Crippen molar-refractivity contribution in [3.05, 3.63) is 48.5 Å². The standard InChI is InChI=1S/C21H24N2O5S2/c1-3-28-21(25)11-12-23(16-7-5-4-6-8-16)30(26,27)17-9-10-19-18(14-17)22-20(24)13-15(2)29-19/h4-10,14-15H,3,11-13H2,1-2H3,(H,22,24)/t15-/m0/s1. The highest BCUT2D eigenvalue weighted by atomic mass is 32.2. The van der Waals surface area contributed by atoms with E-state index < -0.39 is 16.0 Å². The minimum absolute atomic E-state index is 0.0458. The molecule has 3 rings (SSSR count). The van der Waals surface area contributed by atoms with Crippen LogP contribution in [0.2, 0.25) is 0 Å². The molecule has 0 bridgehead atoms. The molecule has 1 N–H and O–H groups in total. The summed E-state index contributed by atoms with van der Waals surface area (Å²) in [6.45, 7) is 3.83. The van der Waals surface area contributed by atoms with Crippen LogP contribution in [0.1, 0.15) is 26.7 Å². The van der Waals surface area contributed by atoms with Gasteiger partial charge < -0.3 is 10.1 Å². The number of thioether (sulfide) groups is 1. The van der Waals surface area contributed by atoms with Crippen LogP contribution in [-0.2, 0) is 24.3 Å². The van der Waals surface area contributed by atoms with Crippen LogP contribution in [0.15, 0.2) is 58.3 Å². The van der Waals surface area contributed by atoms with Crippen molar-refractivity contribution in [1.29, 1.82) is 0 Å². The molecule has 1 heterocycles. The molecule has 0 unspecified atom stereocenters. The van der Waals surface area contributed by atoms with Gasteiger partial charge in [-0.15, -0.1) is 11.8 Å². The molecule has 160 valence electrons.